The number of nitrogens with one attached hydrogen (secondary N) is 2. The van der Waals surface area contributed by atoms with Gasteiger partial charge in [-0.15, -0.1) is 0 Å². The molecule has 0 radical (unpaired) electrons. The van der Waals surface area contributed by atoms with Gasteiger partial charge in [-0.3, -0.25) is 24.6 Å². The van der Waals surface area contributed by atoms with E-state index in [4.69, 9.17) is 0 Å². The van der Waals surface area contributed by atoms with Crippen LogP contribution in [0.25, 0.3) is 0 Å². The van der Waals surface area contributed by atoms with Crippen molar-refractivity contribution < 1.29 is 18.8 Å². The average molecular weight is 435 g/mol. The molecule has 166 valence electrons. The Morgan fingerprint density at radius 1 is 1.06 bits per heavy atom. The number of hydrogen-bond acceptors (Lipinski definition) is 4. The lowest BCUT2D eigenvalue weighted by Crippen LogP contribution is -2.53. The molecule has 2 aromatic carbocycles. The first-order valence-corrected chi connectivity index (χ1v) is 11.1. The van der Waals surface area contributed by atoms with Crippen molar-refractivity contribution >= 4 is 23.4 Å². The van der Waals surface area contributed by atoms with Gasteiger partial charge in [0, 0.05) is 23.8 Å². The third-order valence-electron chi connectivity index (χ3n) is 6.96. The number of hydrogen-bond donors (Lipinski definition) is 2. The number of carbonyl (C=O) groups excluding carboxylic acids is 3. The lowest BCUT2D eigenvalue weighted by molar-refractivity contribution is -0.142. The van der Waals surface area contributed by atoms with Crippen LogP contribution in [-0.2, 0) is 26.3 Å². The summed E-state index contributed by atoms with van der Waals surface area (Å²) in [6, 6.07) is 13.4. The molecule has 3 heterocycles. The number of anilines is 1. The molecule has 0 aromatic heterocycles. The third kappa shape index (κ3) is 2.98. The fourth-order valence-corrected chi connectivity index (χ4v) is 5.65. The number of amides is 3. The van der Waals surface area contributed by atoms with Gasteiger partial charge >= 0.3 is 0 Å². The van der Waals surface area contributed by atoms with Crippen LogP contribution in [0.15, 0.2) is 48.5 Å². The van der Waals surface area contributed by atoms with Gasteiger partial charge in [0.1, 0.15) is 11.4 Å². The molecule has 1 spiro atoms. The Kier molecular flexibility index (Phi) is 4.89. The zero-order valence-corrected chi connectivity index (χ0v) is 18.1. The highest BCUT2D eigenvalue weighted by molar-refractivity contribution is 6.15. The molecule has 0 saturated carbocycles. The summed E-state index contributed by atoms with van der Waals surface area (Å²) in [4.78, 5) is 41.7. The number of fused-ring (bicyclic) bond motifs is 4. The van der Waals surface area contributed by atoms with Crippen molar-refractivity contribution in [3.05, 3.63) is 65.5 Å². The van der Waals surface area contributed by atoms with Crippen molar-refractivity contribution in [2.45, 2.75) is 38.3 Å². The maximum Gasteiger partial charge on any atom is 0.250 e. The maximum atomic E-state index is 14.2. The molecule has 6 nitrogen and oxygen atoms in total. The Balaban J connectivity index is 1.54. The highest BCUT2D eigenvalue weighted by atomic mass is 19.1. The molecule has 7 heteroatoms. The quantitative estimate of drug-likeness (QED) is 0.708. The largest absolute Gasteiger partial charge is 0.324 e. The van der Waals surface area contributed by atoms with Crippen molar-refractivity contribution in [2.75, 3.05) is 11.9 Å². The molecule has 2 fully saturated rings. The van der Waals surface area contributed by atoms with Crippen molar-refractivity contribution in [2.24, 2.45) is 17.8 Å². The van der Waals surface area contributed by atoms with E-state index < -0.39 is 29.1 Å². The van der Waals surface area contributed by atoms with Gasteiger partial charge < -0.3 is 5.32 Å². The SMILES string of the molecule is CC(C)C[C@H]1N[C@@]2(C(=O)Nc3ccc(F)cc32)[C@@H]2C(=O)N(CCc3ccccc3)C(=O)[C@@H]21. The molecule has 2 N–H and O–H groups in total. The van der Waals surface area contributed by atoms with Crippen molar-refractivity contribution in [1.29, 1.82) is 0 Å². The van der Waals surface area contributed by atoms with Crippen LogP contribution in [0.3, 0.4) is 0 Å². The van der Waals surface area contributed by atoms with Gasteiger partial charge in [0.15, 0.2) is 0 Å². The fraction of sp³-hybridized carbons (Fsp3) is 0.400. The Morgan fingerprint density at radius 2 is 1.81 bits per heavy atom. The standard InChI is InChI=1S/C25H26FN3O3/c1-14(2)12-19-20-21(23(31)29(22(20)30)11-10-15-6-4-3-5-7-15)25(28-19)17-13-16(26)8-9-18(17)27-24(25)32/h3-9,13-14,19-21,28H,10-12H2,1-2H3,(H,27,32)/t19-,20-,21+,25-/m1/s1. The van der Waals surface area contributed by atoms with E-state index in [1.54, 1.807) is 0 Å². The topological polar surface area (TPSA) is 78.5 Å². The van der Waals surface area contributed by atoms with Crippen LogP contribution in [0.4, 0.5) is 10.1 Å². The minimum absolute atomic E-state index is 0.247. The van der Waals surface area contributed by atoms with Gasteiger partial charge in [-0.05, 0) is 42.5 Å². The monoisotopic (exact) mass is 435 g/mol. The van der Waals surface area contributed by atoms with E-state index in [1.807, 2.05) is 44.2 Å². The molecule has 3 amide bonds. The average Bonchev–Trinajstić information content (AvgIpc) is 3.32. The summed E-state index contributed by atoms with van der Waals surface area (Å²) in [5.74, 6) is -2.78. The van der Waals surface area contributed by atoms with E-state index in [9.17, 15) is 18.8 Å². The summed E-state index contributed by atoms with van der Waals surface area (Å²) in [6.07, 6.45) is 1.18. The summed E-state index contributed by atoms with van der Waals surface area (Å²) in [6.45, 7) is 4.34. The Labute approximate surface area is 186 Å². The normalized spacial score (nSPS) is 28.6. The van der Waals surface area contributed by atoms with E-state index in [2.05, 4.69) is 10.6 Å². The molecule has 5 rings (SSSR count). The summed E-state index contributed by atoms with van der Waals surface area (Å²) >= 11 is 0. The molecule has 32 heavy (non-hydrogen) atoms. The summed E-state index contributed by atoms with van der Waals surface area (Å²) in [5.41, 5.74) is 0.490. The van der Waals surface area contributed by atoms with Crippen LogP contribution in [0.5, 0.6) is 0 Å². The molecule has 4 atom stereocenters. The van der Waals surface area contributed by atoms with E-state index >= 15 is 0 Å². The highest BCUT2D eigenvalue weighted by Crippen LogP contribution is 2.53. The second-order valence-electron chi connectivity index (χ2n) is 9.40. The number of nitrogens with zero attached hydrogens (tertiary/aromatic N) is 1. The summed E-state index contributed by atoms with van der Waals surface area (Å²) < 4.78 is 14.2. The van der Waals surface area contributed by atoms with Crippen molar-refractivity contribution in [3.63, 3.8) is 0 Å². The van der Waals surface area contributed by atoms with Gasteiger partial charge in [-0.2, -0.15) is 0 Å². The minimum Gasteiger partial charge on any atom is -0.324 e. The summed E-state index contributed by atoms with van der Waals surface area (Å²) in [5, 5.41) is 6.14. The first-order chi connectivity index (χ1) is 15.3. The molecule has 0 aliphatic carbocycles. The van der Waals surface area contributed by atoms with Crippen LogP contribution in [0, 0.1) is 23.6 Å². The van der Waals surface area contributed by atoms with Crippen LogP contribution < -0.4 is 10.6 Å². The zero-order chi connectivity index (χ0) is 22.6. The van der Waals surface area contributed by atoms with E-state index in [0.29, 0.717) is 24.1 Å². The first kappa shape index (κ1) is 20.8. The lowest BCUT2D eigenvalue weighted by atomic mass is 9.76. The number of rotatable bonds is 5. The number of halogens is 1. The number of benzene rings is 2. The maximum absolute atomic E-state index is 14.2. The molecule has 3 aliphatic rings. The molecule has 2 saturated heterocycles. The predicted molar refractivity (Wildman–Crippen MR) is 117 cm³/mol. The first-order valence-electron chi connectivity index (χ1n) is 11.1. The molecular weight excluding hydrogens is 409 g/mol. The number of carbonyl (C=O) groups is 3. The van der Waals surface area contributed by atoms with Crippen LogP contribution in [0.2, 0.25) is 0 Å². The Bertz CT molecular complexity index is 1100. The second-order valence-corrected chi connectivity index (χ2v) is 9.40. The molecule has 0 bridgehead atoms. The zero-order valence-electron chi connectivity index (χ0n) is 18.1. The Hall–Kier alpha value is -3.06. The van der Waals surface area contributed by atoms with Gasteiger partial charge in [-0.1, -0.05) is 44.2 Å². The fourth-order valence-electron chi connectivity index (χ4n) is 5.65. The van der Waals surface area contributed by atoms with Crippen LogP contribution in [0.1, 0.15) is 31.4 Å². The van der Waals surface area contributed by atoms with Gasteiger partial charge in [0.25, 0.3) is 0 Å². The van der Waals surface area contributed by atoms with Crippen LogP contribution >= 0.6 is 0 Å². The Morgan fingerprint density at radius 3 is 2.53 bits per heavy atom. The molecular formula is C25H26FN3O3. The van der Waals surface area contributed by atoms with Crippen molar-refractivity contribution in [3.8, 4) is 0 Å². The van der Waals surface area contributed by atoms with Gasteiger partial charge in [0.2, 0.25) is 17.7 Å². The van der Waals surface area contributed by atoms with Crippen molar-refractivity contribution in [1.82, 2.24) is 10.2 Å². The minimum atomic E-state index is -1.43. The van der Waals surface area contributed by atoms with E-state index in [-0.39, 0.29) is 30.3 Å². The number of imide groups is 1. The van der Waals surface area contributed by atoms with E-state index in [1.165, 1.54) is 23.1 Å². The van der Waals surface area contributed by atoms with Gasteiger partial charge in [0.05, 0.1) is 11.8 Å². The van der Waals surface area contributed by atoms with E-state index in [0.717, 1.165) is 5.56 Å². The molecule has 3 aliphatic heterocycles. The molecule has 2 aromatic rings. The predicted octanol–water partition coefficient (Wildman–Crippen LogP) is 2.83. The van der Waals surface area contributed by atoms with Crippen LogP contribution in [-0.4, -0.2) is 35.2 Å². The summed E-state index contributed by atoms with van der Waals surface area (Å²) in [7, 11) is 0. The van der Waals surface area contributed by atoms with Gasteiger partial charge in [-0.25, -0.2) is 4.39 Å². The highest BCUT2D eigenvalue weighted by Gasteiger charge is 2.70. The smallest absolute Gasteiger partial charge is 0.250 e. The third-order valence-corrected chi connectivity index (χ3v) is 6.96. The second kappa shape index (κ2) is 7.52. The molecule has 0 unspecified atom stereocenters. The lowest BCUT2D eigenvalue weighted by Gasteiger charge is -2.30. The number of likely N-dealkylation sites (tertiary alicyclic amines) is 1.